The Morgan fingerprint density at radius 1 is 1.10 bits per heavy atom. The first-order chi connectivity index (χ1) is 14.6. The summed E-state index contributed by atoms with van der Waals surface area (Å²) >= 11 is 0. The lowest BCUT2D eigenvalue weighted by Crippen LogP contribution is -2.51. The van der Waals surface area contributed by atoms with Crippen molar-refractivity contribution in [1.29, 1.82) is 0 Å². The van der Waals surface area contributed by atoms with E-state index in [0.29, 0.717) is 0 Å². The minimum Gasteiger partial charge on any atom is -0.376 e. The van der Waals surface area contributed by atoms with E-state index in [9.17, 15) is 31.9 Å². The van der Waals surface area contributed by atoms with Gasteiger partial charge in [-0.25, -0.2) is 4.39 Å². The van der Waals surface area contributed by atoms with Gasteiger partial charge in [0.15, 0.2) is 0 Å². The van der Waals surface area contributed by atoms with Crippen LogP contribution in [0.15, 0.2) is 42.5 Å². The van der Waals surface area contributed by atoms with Crippen LogP contribution in [0.1, 0.15) is 15.9 Å². The van der Waals surface area contributed by atoms with E-state index in [-0.39, 0.29) is 42.5 Å². The molecular formula is C20H18F4N4O3. The van der Waals surface area contributed by atoms with Crippen molar-refractivity contribution in [3.05, 3.63) is 59.4 Å². The van der Waals surface area contributed by atoms with Crippen molar-refractivity contribution in [2.24, 2.45) is 0 Å². The monoisotopic (exact) mass is 438 g/mol. The van der Waals surface area contributed by atoms with Crippen LogP contribution in [-0.2, 0) is 15.8 Å². The second-order valence-electron chi connectivity index (χ2n) is 6.74. The van der Waals surface area contributed by atoms with Crippen LogP contribution in [0.3, 0.4) is 0 Å². The van der Waals surface area contributed by atoms with E-state index < -0.39 is 35.9 Å². The minimum atomic E-state index is -4.76. The van der Waals surface area contributed by atoms with Gasteiger partial charge in [0.25, 0.3) is 5.91 Å². The molecule has 1 aliphatic rings. The second kappa shape index (κ2) is 9.02. The average molecular weight is 438 g/mol. The summed E-state index contributed by atoms with van der Waals surface area (Å²) in [6.07, 6.45) is -4.76. The summed E-state index contributed by atoms with van der Waals surface area (Å²) in [5, 5.41) is 7.33. The van der Waals surface area contributed by atoms with Gasteiger partial charge in [0.1, 0.15) is 5.82 Å². The summed E-state index contributed by atoms with van der Waals surface area (Å²) in [6, 6.07) is 7.62. The van der Waals surface area contributed by atoms with Gasteiger partial charge in [0.05, 0.1) is 18.7 Å². The van der Waals surface area contributed by atoms with Crippen LogP contribution < -0.4 is 16.0 Å². The van der Waals surface area contributed by atoms with E-state index in [4.69, 9.17) is 0 Å². The Kier molecular flexibility index (Phi) is 6.42. The third-order valence-electron chi connectivity index (χ3n) is 4.51. The number of benzene rings is 2. The molecule has 3 amide bonds. The fourth-order valence-corrected chi connectivity index (χ4v) is 2.95. The largest absolute Gasteiger partial charge is 0.418 e. The van der Waals surface area contributed by atoms with E-state index in [1.807, 2.05) is 0 Å². The highest BCUT2D eigenvalue weighted by molar-refractivity contribution is 6.04. The van der Waals surface area contributed by atoms with Gasteiger partial charge in [-0.15, -0.1) is 0 Å². The molecule has 0 spiro atoms. The van der Waals surface area contributed by atoms with Crippen molar-refractivity contribution in [3.63, 3.8) is 0 Å². The zero-order valence-electron chi connectivity index (χ0n) is 16.1. The maximum absolute atomic E-state index is 13.5. The van der Waals surface area contributed by atoms with E-state index in [0.717, 1.165) is 24.3 Å². The van der Waals surface area contributed by atoms with Crippen molar-refractivity contribution in [2.45, 2.75) is 6.18 Å². The fourth-order valence-electron chi connectivity index (χ4n) is 2.95. The van der Waals surface area contributed by atoms with Gasteiger partial charge in [0.2, 0.25) is 11.8 Å². The maximum Gasteiger partial charge on any atom is 0.418 e. The molecular weight excluding hydrogens is 420 g/mol. The fraction of sp³-hybridized carbons (Fsp3) is 0.250. The van der Waals surface area contributed by atoms with Crippen LogP contribution in [0.4, 0.5) is 28.9 Å². The molecule has 31 heavy (non-hydrogen) atoms. The normalized spacial score (nSPS) is 14.1. The Morgan fingerprint density at radius 2 is 1.81 bits per heavy atom. The number of nitrogens with zero attached hydrogens (tertiary/aromatic N) is 1. The smallest absolute Gasteiger partial charge is 0.376 e. The van der Waals surface area contributed by atoms with Gasteiger partial charge in [-0.3, -0.25) is 14.4 Å². The van der Waals surface area contributed by atoms with Crippen molar-refractivity contribution < 1.29 is 31.9 Å². The Bertz CT molecular complexity index is 993. The van der Waals surface area contributed by atoms with Gasteiger partial charge < -0.3 is 20.9 Å². The molecule has 164 valence electrons. The van der Waals surface area contributed by atoms with Crippen LogP contribution in [0.25, 0.3) is 0 Å². The van der Waals surface area contributed by atoms with Gasteiger partial charge >= 0.3 is 6.18 Å². The van der Waals surface area contributed by atoms with E-state index in [1.165, 1.54) is 23.1 Å². The number of anilines is 2. The first kappa shape index (κ1) is 22.1. The predicted octanol–water partition coefficient (Wildman–Crippen LogP) is 2.47. The summed E-state index contributed by atoms with van der Waals surface area (Å²) < 4.78 is 53.5. The Hall–Kier alpha value is -3.63. The topological polar surface area (TPSA) is 90.5 Å². The molecule has 1 heterocycles. The highest BCUT2D eigenvalue weighted by Gasteiger charge is 2.34. The maximum atomic E-state index is 13.5. The molecule has 0 bridgehead atoms. The molecule has 1 fully saturated rings. The van der Waals surface area contributed by atoms with Gasteiger partial charge in [0, 0.05) is 30.0 Å². The lowest BCUT2D eigenvalue weighted by atomic mass is 10.1. The highest BCUT2D eigenvalue weighted by Crippen LogP contribution is 2.36. The van der Waals surface area contributed by atoms with Crippen LogP contribution in [0, 0.1) is 5.82 Å². The number of amides is 3. The molecule has 2 aromatic rings. The molecule has 11 heteroatoms. The molecule has 3 N–H and O–H groups in total. The lowest BCUT2D eigenvalue weighted by Gasteiger charge is -2.27. The van der Waals surface area contributed by atoms with Gasteiger partial charge in [-0.2, -0.15) is 13.2 Å². The number of hydrogen-bond acceptors (Lipinski definition) is 4. The van der Waals surface area contributed by atoms with Crippen LogP contribution in [-0.4, -0.2) is 48.8 Å². The molecule has 1 saturated heterocycles. The molecule has 2 aromatic carbocycles. The number of halogens is 4. The number of carbonyl (C=O) groups is 3. The van der Waals surface area contributed by atoms with Crippen molar-refractivity contribution in [2.75, 3.05) is 36.8 Å². The van der Waals surface area contributed by atoms with Gasteiger partial charge in [-0.1, -0.05) is 0 Å². The molecule has 0 unspecified atom stereocenters. The van der Waals surface area contributed by atoms with Crippen LogP contribution in [0.5, 0.6) is 0 Å². The third kappa shape index (κ3) is 5.71. The summed E-state index contributed by atoms with van der Waals surface area (Å²) in [5.41, 5.74) is -1.46. The van der Waals surface area contributed by atoms with E-state index in [1.54, 1.807) is 0 Å². The third-order valence-corrected chi connectivity index (χ3v) is 4.51. The highest BCUT2D eigenvalue weighted by atomic mass is 19.4. The second-order valence-corrected chi connectivity index (χ2v) is 6.74. The quantitative estimate of drug-likeness (QED) is 0.626. The summed E-state index contributed by atoms with van der Waals surface area (Å²) in [6.45, 7) is -0.0355. The lowest BCUT2D eigenvalue weighted by molar-refractivity contribution is -0.137. The number of carbonyl (C=O) groups excluding carboxylic acids is 3. The number of hydrogen-bond donors (Lipinski definition) is 3. The SMILES string of the molecule is O=C1CN(C(=O)CNc2ccc(NC(=O)c3ccc(F)cc3)cc2C(F)(F)F)CCN1. The minimum absolute atomic E-state index is 0.0772. The molecule has 0 aliphatic carbocycles. The van der Waals surface area contributed by atoms with Gasteiger partial charge in [-0.05, 0) is 42.5 Å². The molecule has 1 aliphatic heterocycles. The number of piperazine rings is 1. The first-order valence-electron chi connectivity index (χ1n) is 9.20. The Morgan fingerprint density at radius 3 is 2.45 bits per heavy atom. The molecule has 0 saturated carbocycles. The summed E-state index contributed by atoms with van der Waals surface area (Å²) in [5.74, 6) is -2.10. The molecule has 3 rings (SSSR count). The number of alkyl halides is 3. The average Bonchev–Trinajstić information content (AvgIpc) is 2.72. The van der Waals surface area contributed by atoms with Crippen molar-refractivity contribution >= 4 is 29.1 Å². The van der Waals surface area contributed by atoms with E-state index >= 15 is 0 Å². The molecule has 0 aromatic heterocycles. The molecule has 0 radical (unpaired) electrons. The first-order valence-corrected chi connectivity index (χ1v) is 9.20. The van der Waals surface area contributed by atoms with Crippen LogP contribution >= 0.6 is 0 Å². The molecule has 0 atom stereocenters. The number of rotatable bonds is 5. The Labute approximate surface area is 174 Å². The number of nitrogens with one attached hydrogen (secondary N) is 3. The zero-order valence-corrected chi connectivity index (χ0v) is 16.1. The summed E-state index contributed by atoms with van der Waals surface area (Å²) in [7, 11) is 0. The molecule has 7 nitrogen and oxygen atoms in total. The Balaban J connectivity index is 1.72. The van der Waals surface area contributed by atoms with Crippen molar-refractivity contribution in [1.82, 2.24) is 10.2 Å². The van der Waals surface area contributed by atoms with Crippen molar-refractivity contribution in [3.8, 4) is 0 Å². The zero-order chi connectivity index (χ0) is 22.6. The standard InChI is InChI=1S/C20H18F4N4O3/c21-13-3-1-12(2-4-13)19(31)27-14-5-6-16(15(9-14)20(22,23)24)26-10-18(30)28-8-7-25-17(29)11-28/h1-6,9,26H,7-8,10-11H2,(H,25,29)(H,27,31). The van der Waals surface area contributed by atoms with Crippen LogP contribution in [0.2, 0.25) is 0 Å². The summed E-state index contributed by atoms with van der Waals surface area (Å²) in [4.78, 5) is 37.0. The predicted molar refractivity (Wildman–Crippen MR) is 104 cm³/mol. The van der Waals surface area contributed by atoms with E-state index in [2.05, 4.69) is 16.0 Å².